The highest BCUT2D eigenvalue weighted by molar-refractivity contribution is 6.30. The average Bonchev–Trinajstić information content (AvgIpc) is 2.92. The van der Waals surface area contributed by atoms with Crippen LogP contribution in [0.4, 0.5) is 0 Å². The summed E-state index contributed by atoms with van der Waals surface area (Å²) in [5.41, 5.74) is 1.60. The molecule has 0 aliphatic heterocycles. The molecule has 0 amide bonds. The molecular weight excluding hydrogens is 478 g/mol. The van der Waals surface area contributed by atoms with E-state index in [4.69, 9.17) is 16.3 Å². The summed E-state index contributed by atoms with van der Waals surface area (Å²) in [4.78, 5) is 2.12. The normalized spacial score (nSPS) is 14.1. The number of hydrogen-bond donors (Lipinski definition) is 1. The van der Waals surface area contributed by atoms with Crippen LogP contribution in [0.1, 0.15) is 29.0 Å². The highest BCUT2D eigenvalue weighted by Gasteiger charge is 2.43. The third-order valence-corrected chi connectivity index (χ3v) is 7.57. The Bertz CT molecular complexity index is 1520. The Morgan fingerprint density at radius 2 is 1.41 bits per heavy atom. The van der Waals surface area contributed by atoms with Crippen LogP contribution in [0.2, 0.25) is 5.02 Å². The summed E-state index contributed by atoms with van der Waals surface area (Å²) in [6.07, 6.45) is 0.522. The van der Waals surface area contributed by atoms with Crippen LogP contribution in [-0.4, -0.2) is 37.8 Å². The highest BCUT2D eigenvalue weighted by Crippen LogP contribution is 2.50. The van der Waals surface area contributed by atoms with Crippen LogP contribution in [0.15, 0.2) is 103 Å². The Balaban J connectivity index is 1.88. The molecule has 37 heavy (non-hydrogen) atoms. The van der Waals surface area contributed by atoms with E-state index < -0.39 is 11.5 Å². The molecule has 0 aromatic heterocycles. The third kappa shape index (κ3) is 4.83. The molecule has 2 unspecified atom stereocenters. The molecule has 0 radical (unpaired) electrons. The minimum absolute atomic E-state index is 0.420. The number of rotatable bonds is 8. The number of ether oxygens (including phenoxy) is 1. The fourth-order valence-electron chi connectivity index (χ4n) is 5.52. The van der Waals surface area contributed by atoms with Crippen molar-refractivity contribution < 1.29 is 9.84 Å². The van der Waals surface area contributed by atoms with Crippen LogP contribution in [0, 0.1) is 0 Å². The summed E-state index contributed by atoms with van der Waals surface area (Å²) in [6, 6.07) is 34.7. The monoisotopic (exact) mass is 509 g/mol. The van der Waals surface area contributed by atoms with Crippen molar-refractivity contribution in [3.8, 4) is 5.75 Å². The molecule has 188 valence electrons. The van der Waals surface area contributed by atoms with Crippen molar-refractivity contribution in [2.45, 2.75) is 17.9 Å². The first-order valence-electron chi connectivity index (χ1n) is 12.6. The van der Waals surface area contributed by atoms with Gasteiger partial charge in [-0.3, -0.25) is 0 Å². The molecule has 0 aliphatic carbocycles. The summed E-state index contributed by atoms with van der Waals surface area (Å²) >= 11 is 6.33. The maximum Gasteiger partial charge on any atom is 0.123 e. The van der Waals surface area contributed by atoms with Crippen molar-refractivity contribution in [1.29, 1.82) is 0 Å². The van der Waals surface area contributed by atoms with Crippen LogP contribution in [0.5, 0.6) is 5.75 Å². The molecule has 2 atom stereocenters. The van der Waals surface area contributed by atoms with Gasteiger partial charge < -0.3 is 14.7 Å². The molecule has 4 heteroatoms. The van der Waals surface area contributed by atoms with E-state index in [1.165, 1.54) is 0 Å². The van der Waals surface area contributed by atoms with Gasteiger partial charge in [-0.25, -0.2) is 0 Å². The van der Waals surface area contributed by atoms with Crippen molar-refractivity contribution in [3.63, 3.8) is 0 Å². The van der Waals surface area contributed by atoms with Crippen LogP contribution in [-0.2, 0) is 5.60 Å². The highest BCUT2D eigenvalue weighted by atomic mass is 35.5. The topological polar surface area (TPSA) is 32.7 Å². The van der Waals surface area contributed by atoms with E-state index in [0.717, 1.165) is 44.0 Å². The number of fused-ring (bicyclic) bond motifs is 2. The lowest BCUT2D eigenvalue weighted by Gasteiger charge is -2.40. The van der Waals surface area contributed by atoms with E-state index in [0.29, 0.717) is 18.0 Å². The van der Waals surface area contributed by atoms with Gasteiger partial charge in [0.1, 0.15) is 11.4 Å². The molecular formula is C33H32ClNO2. The lowest BCUT2D eigenvalue weighted by atomic mass is 9.69. The smallest absolute Gasteiger partial charge is 0.123 e. The summed E-state index contributed by atoms with van der Waals surface area (Å²) in [6.45, 7) is 0.705. The van der Waals surface area contributed by atoms with Gasteiger partial charge in [0.05, 0.1) is 7.11 Å². The zero-order chi connectivity index (χ0) is 26.0. The molecule has 0 heterocycles. The molecule has 0 bridgehead atoms. The Morgan fingerprint density at radius 3 is 2.08 bits per heavy atom. The summed E-state index contributed by atoms with van der Waals surface area (Å²) in [7, 11) is 5.78. The largest absolute Gasteiger partial charge is 0.496 e. The van der Waals surface area contributed by atoms with Crippen LogP contribution in [0.25, 0.3) is 21.5 Å². The second-order valence-electron chi connectivity index (χ2n) is 9.89. The second-order valence-corrected chi connectivity index (χ2v) is 10.3. The summed E-state index contributed by atoms with van der Waals surface area (Å²) in [5.74, 6) is 0.332. The maximum atomic E-state index is 13.1. The summed E-state index contributed by atoms with van der Waals surface area (Å²) < 4.78 is 5.98. The third-order valence-electron chi connectivity index (χ3n) is 7.32. The lowest BCUT2D eigenvalue weighted by molar-refractivity contribution is 0.00569. The van der Waals surface area contributed by atoms with Gasteiger partial charge in [-0.1, -0.05) is 96.5 Å². The van der Waals surface area contributed by atoms with E-state index in [-0.39, 0.29) is 0 Å². The minimum atomic E-state index is -1.25. The Labute approximate surface area is 223 Å². The van der Waals surface area contributed by atoms with Gasteiger partial charge in [0.25, 0.3) is 0 Å². The molecule has 5 aromatic carbocycles. The van der Waals surface area contributed by atoms with Gasteiger partial charge >= 0.3 is 0 Å². The Morgan fingerprint density at radius 1 is 0.784 bits per heavy atom. The van der Waals surface area contributed by atoms with E-state index in [1.807, 2.05) is 74.8 Å². The Hall–Kier alpha value is -3.37. The van der Waals surface area contributed by atoms with Gasteiger partial charge in [-0.15, -0.1) is 0 Å². The predicted octanol–water partition coefficient (Wildman–Crippen LogP) is 7.63. The maximum absolute atomic E-state index is 13.1. The van der Waals surface area contributed by atoms with Gasteiger partial charge in [0.15, 0.2) is 0 Å². The standard InChI is InChI=1S/C33H32ClNO2/c1-35(2)22-21-33(36,29-14-8-11-23-9-4-6-12-27(23)29)32(25-15-18-26(34)19-16-25)31-28-13-7-5-10-24(28)17-20-30(31)37-3/h4-20,32,36H,21-22H2,1-3H3. The van der Waals surface area contributed by atoms with Crippen molar-refractivity contribution in [1.82, 2.24) is 4.90 Å². The zero-order valence-corrected chi connectivity index (χ0v) is 22.2. The number of methoxy groups -OCH3 is 1. The Kier molecular flexibility index (Phi) is 7.21. The molecule has 0 aliphatic rings. The molecule has 1 N–H and O–H groups in total. The van der Waals surface area contributed by atoms with Gasteiger partial charge in [-0.2, -0.15) is 0 Å². The molecule has 0 spiro atoms. The minimum Gasteiger partial charge on any atom is -0.496 e. The molecule has 5 aromatic rings. The number of benzene rings is 5. The fraction of sp³-hybridized carbons (Fsp3) is 0.212. The van der Waals surface area contributed by atoms with Gasteiger partial charge in [0.2, 0.25) is 0 Å². The van der Waals surface area contributed by atoms with Crippen molar-refractivity contribution >= 4 is 33.1 Å². The first-order valence-corrected chi connectivity index (χ1v) is 13.0. The molecule has 5 rings (SSSR count). The molecule has 0 fully saturated rings. The predicted molar refractivity (Wildman–Crippen MR) is 155 cm³/mol. The molecule has 3 nitrogen and oxygen atoms in total. The van der Waals surface area contributed by atoms with E-state index in [1.54, 1.807) is 7.11 Å². The van der Waals surface area contributed by atoms with Crippen molar-refractivity contribution in [2.75, 3.05) is 27.7 Å². The average molecular weight is 510 g/mol. The lowest BCUT2D eigenvalue weighted by Crippen LogP contribution is -2.38. The van der Waals surface area contributed by atoms with Crippen LogP contribution >= 0.6 is 11.6 Å². The first kappa shape index (κ1) is 25.3. The molecule has 0 saturated carbocycles. The van der Waals surface area contributed by atoms with Crippen LogP contribution < -0.4 is 4.74 Å². The van der Waals surface area contributed by atoms with Crippen molar-refractivity contribution in [3.05, 3.63) is 125 Å². The summed E-state index contributed by atoms with van der Waals surface area (Å²) in [5, 5.41) is 18.1. The fourth-order valence-corrected chi connectivity index (χ4v) is 5.65. The van der Waals surface area contributed by atoms with E-state index in [9.17, 15) is 5.11 Å². The molecule has 0 saturated heterocycles. The zero-order valence-electron chi connectivity index (χ0n) is 21.5. The van der Waals surface area contributed by atoms with Gasteiger partial charge in [0, 0.05) is 23.0 Å². The second kappa shape index (κ2) is 10.5. The van der Waals surface area contributed by atoms with Crippen LogP contribution in [0.3, 0.4) is 0 Å². The number of nitrogens with zero attached hydrogens (tertiary/aromatic N) is 1. The number of aliphatic hydroxyl groups is 1. The SMILES string of the molecule is COc1ccc2ccccc2c1C(c1ccc(Cl)cc1)C(O)(CCN(C)C)c1cccc2ccccc12. The van der Waals surface area contributed by atoms with Gasteiger partial charge in [-0.05, 0) is 71.4 Å². The van der Waals surface area contributed by atoms with E-state index >= 15 is 0 Å². The van der Waals surface area contributed by atoms with E-state index in [2.05, 4.69) is 47.4 Å². The quantitative estimate of drug-likeness (QED) is 0.233. The van der Waals surface area contributed by atoms with Crippen molar-refractivity contribution in [2.24, 2.45) is 0 Å². The number of halogens is 1. The number of hydrogen-bond acceptors (Lipinski definition) is 3. The first-order chi connectivity index (χ1) is 17.9.